The molecule has 0 amide bonds. The Morgan fingerprint density at radius 1 is 0.397 bits per heavy atom. The summed E-state index contributed by atoms with van der Waals surface area (Å²) in [6, 6.07) is 75.4. The average molecular weight is 812 g/mol. The normalized spacial score (nSPS) is 13.0. The van der Waals surface area contributed by atoms with E-state index >= 15 is 0 Å². The van der Waals surface area contributed by atoms with Crippen LogP contribution < -0.4 is 4.90 Å². The Hall–Kier alpha value is -7.42. The van der Waals surface area contributed by atoms with Crippen molar-refractivity contribution in [3.8, 4) is 55.6 Å². The van der Waals surface area contributed by atoms with Crippen molar-refractivity contribution >= 4 is 39.0 Å². The van der Waals surface area contributed by atoms with Gasteiger partial charge in [0.15, 0.2) is 0 Å². The summed E-state index contributed by atoms with van der Waals surface area (Å²) in [4.78, 5) is 2.41. The average Bonchev–Trinajstić information content (AvgIpc) is 3.81. The SMILES string of the molecule is CC(C)(C)c1ccc(-c2ccc3c(c2)C(C)(C)c2ccc(-c4ccccc4N(c4ccc(-c5ccccc5)cc4)c4ccc(-c5cccc6oc7ccccc7c56)cc4)cc2-3)cc1. The van der Waals surface area contributed by atoms with Gasteiger partial charge in [0.1, 0.15) is 11.2 Å². The third kappa shape index (κ3) is 6.65. The molecule has 1 aliphatic rings. The Morgan fingerprint density at radius 3 is 1.71 bits per heavy atom. The van der Waals surface area contributed by atoms with E-state index in [9.17, 15) is 0 Å². The van der Waals surface area contributed by atoms with Gasteiger partial charge in [-0.25, -0.2) is 0 Å². The summed E-state index contributed by atoms with van der Waals surface area (Å²) < 4.78 is 6.28. The second-order valence-electron chi connectivity index (χ2n) is 18.6. The highest BCUT2D eigenvalue weighted by atomic mass is 16.3. The van der Waals surface area contributed by atoms with Crippen molar-refractivity contribution in [2.75, 3.05) is 4.90 Å². The first-order valence-corrected chi connectivity index (χ1v) is 22.1. The van der Waals surface area contributed by atoms with Gasteiger partial charge in [-0.05, 0) is 127 Å². The van der Waals surface area contributed by atoms with Gasteiger partial charge >= 0.3 is 0 Å². The molecule has 0 N–H and O–H groups in total. The fourth-order valence-electron chi connectivity index (χ4n) is 9.84. The number of rotatable bonds is 7. The third-order valence-electron chi connectivity index (χ3n) is 13.3. The van der Waals surface area contributed by atoms with Crippen LogP contribution in [0.4, 0.5) is 17.1 Å². The molecular formula is C61H49NO. The van der Waals surface area contributed by atoms with Gasteiger partial charge in [-0.3, -0.25) is 0 Å². The molecule has 10 aromatic rings. The summed E-state index contributed by atoms with van der Waals surface area (Å²) in [5.41, 5.74) is 21.4. The Labute approximate surface area is 370 Å². The molecule has 0 unspecified atom stereocenters. The first kappa shape index (κ1) is 38.5. The highest BCUT2D eigenvalue weighted by molar-refractivity contribution is 6.12. The summed E-state index contributed by atoms with van der Waals surface area (Å²) in [6.07, 6.45) is 0. The third-order valence-corrected chi connectivity index (χ3v) is 13.3. The van der Waals surface area contributed by atoms with E-state index in [0.717, 1.165) is 50.1 Å². The van der Waals surface area contributed by atoms with Gasteiger partial charge in [0.25, 0.3) is 0 Å². The molecule has 1 heterocycles. The number of benzene rings is 9. The van der Waals surface area contributed by atoms with Gasteiger partial charge in [-0.2, -0.15) is 0 Å². The van der Waals surface area contributed by atoms with E-state index in [0.29, 0.717) is 0 Å². The van der Waals surface area contributed by atoms with Crippen LogP contribution in [0.3, 0.4) is 0 Å². The lowest BCUT2D eigenvalue weighted by Crippen LogP contribution is -2.15. The molecule has 0 radical (unpaired) electrons. The number of nitrogens with zero attached hydrogens (tertiary/aromatic N) is 1. The van der Waals surface area contributed by atoms with E-state index < -0.39 is 0 Å². The second kappa shape index (κ2) is 14.9. The molecule has 2 heteroatoms. The Morgan fingerprint density at radius 2 is 0.968 bits per heavy atom. The van der Waals surface area contributed by atoms with E-state index in [-0.39, 0.29) is 10.8 Å². The topological polar surface area (TPSA) is 16.4 Å². The molecule has 0 saturated heterocycles. The first-order chi connectivity index (χ1) is 30.6. The zero-order chi connectivity index (χ0) is 42.9. The zero-order valence-electron chi connectivity index (χ0n) is 36.5. The number of fused-ring (bicyclic) bond motifs is 6. The summed E-state index contributed by atoms with van der Waals surface area (Å²) in [7, 11) is 0. The summed E-state index contributed by atoms with van der Waals surface area (Å²) >= 11 is 0. The minimum absolute atomic E-state index is 0.123. The van der Waals surface area contributed by atoms with Crippen LogP contribution >= 0.6 is 0 Å². The summed E-state index contributed by atoms with van der Waals surface area (Å²) in [6.45, 7) is 11.6. The minimum atomic E-state index is -0.134. The molecule has 0 bridgehead atoms. The van der Waals surface area contributed by atoms with Gasteiger partial charge in [-0.15, -0.1) is 0 Å². The largest absolute Gasteiger partial charge is 0.456 e. The van der Waals surface area contributed by atoms with E-state index in [1.165, 1.54) is 61.2 Å². The van der Waals surface area contributed by atoms with Gasteiger partial charge in [0.05, 0.1) is 5.69 Å². The van der Waals surface area contributed by atoms with Gasteiger partial charge in [0, 0.05) is 33.1 Å². The predicted molar refractivity (Wildman–Crippen MR) is 266 cm³/mol. The van der Waals surface area contributed by atoms with Crippen molar-refractivity contribution < 1.29 is 4.42 Å². The molecule has 1 aliphatic carbocycles. The van der Waals surface area contributed by atoms with Gasteiger partial charge in [-0.1, -0.05) is 186 Å². The van der Waals surface area contributed by atoms with E-state index in [1.807, 2.05) is 12.1 Å². The van der Waals surface area contributed by atoms with Crippen molar-refractivity contribution in [2.24, 2.45) is 0 Å². The number of hydrogen-bond acceptors (Lipinski definition) is 2. The highest BCUT2D eigenvalue weighted by Crippen LogP contribution is 2.52. The van der Waals surface area contributed by atoms with Crippen molar-refractivity contribution in [2.45, 2.75) is 45.4 Å². The van der Waals surface area contributed by atoms with Crippen LogP contribution in [0.25, 0.3) is 77.6 Å². The number of furan rings is 1. The lowest BCUT2D eigenvalue weighted by atomic mass is 9.81. The fraction of sp³-hybridized carbons (Fsp3) is 0.115. The molecule has 0 aliphatic heterocycles. The zero-order valence-corrected chi connectivity index (χ0v) is 36.5. The quantitative estimate of drug-likeness (QED) is 0.159. The van der Waals surface area contributed by atoms with E-state index in [4.69, 9.17) is 4.42 Å². The van der Waals surface area contributed by atoms with Gasteiger partial charge < -0.3 is 9.32 Å². The maximum Gasteiger partial charge on any atom is 0.136 e. The summed E-state index contributed by atoms with van der Waals surface area (Å²) in [5, 5.41) is 2.28. The van der Waals surface area contributed by atoms with Crippen molar-refractivity contribution in [1.82, 2.24) is 0 Å². The van der Waals surface area contributed by atoms with Crippen LogP contribution in [0.15, 0.2) is 211 Å². The van der Waals surface area contributed by atoms with E-state index in [1.54, 1.807) is 0 Å². The molecule has 1 aromatic heterocycles. The second-order valence-corrected chi connectivity index (χ2v) is 18.6. The van der Waals surface area contributed by atoms with E-state index in [2.05, 4.69) is 234 Å². The lowest BCUT2D eigenvalue weighted by Gasteiger charge is -2.28. The number of anilines is 3. The maximum absolute atomic E-state index is 6.28. The van der Waals surface area contributed by atoms with Crippen molar-refractivity contribution in [3.63, 3.8) is 0 Å². The molecule has 0 atom stereocenters. The molecule has 11 rings (SSSR count). The number of para-hydroxylation sites is 2. The maximum atomic E-state index is 6.28. The van der Waals surface area contributed by atoms with Crippen LogP contribution in [0.1, 0.15) is 51.3 Å². The monoisotopic (exact) mass is 811 g/mol. The van der Waals surface area contributed by atoms with Crippen molar-refractivity contribution in [1.29, 1.82) is 0 Å². The fourth-order valence-corrected chi connectivity index (χ4v) is 9.84. The highest BCUT2D eigenvalue weighted by Gasteiger charge is 2.36. The molecule has 9 aromatic carbocycles. The van der Waals surface area contributed by atoms with Crippen LogP contribution in [0, 0.1) is 0 Å². The van der Waals surface area contributed by atoms with Crippen LogP contribution in [0.2, 0.25) is 0 Å². The molecule has 63 heavy (non-hydrogen) atoms. The molecule has 0 saturated carbocycles. The van der Waals surface area contributed by atoms with Crippen LogP contribution in [-0.2, 0) is 10.8 Å². The standard InChI is InChI=1S/C61H49NO/c1-60(2,3)46-30-22-42(23-31-46)44-28-36-51-53-38-45(29-37-54(53)61(4,5)55(51)39-44)49-16-9-11-19-56(49)62(47-32-24-41(25-33-47)40-14-7-6-8-15-40)48-34-26-43(27-35-48)50-18-13-21-58-59(50)52-17-10-12-20-57(52)63-58/h6-39H,1-5H3. The predicted octanol–water partition coefficient (Wildman–Crippen LogP) is 17.3. The molecule has 304 valence electrons. The molecule has 0 fully saturated rings. The smallest absolute Gasteiger partial charge is 0.136 e. The number of hydrogen-bond donors (Lipinski definition) is 0. The first-order valence-electron chi connectivity index (χ1n) is 22.1. The van der Waals surface area contributed by atoms with Crippen LogP contribution in [0.5, 0.6) is 0 Å². The Kier molecular flexibility index (Phi) is 9.10. The molecular weight excluding hydrogens is 763 g/mol. The molecule has 2 nitrogen and oxygen atoms in total. The van der Waals surface area contributed by atoms with Crippen molar-refractivity contribution in [3.05, 3.63) is 223 Å². The minimum Gasteiger partial charge on any atom is -0.456 e. The van der Waals surface area contributed by atoms with Crippen LogP contribution in [-0.4, -0.2) is 0 Å². The lowest BCUT2D eigenvalue weighted by molar-refractivity contribution is 0.590. The summed E-state index contributed by atoms with van der Waals surface area (Å²) in [5.74, 6) is 0. The van der Waals surface area contributed by atoms with Gasteiger partial charge in [0.2, 0.25) is 0 Å². The molecule has 0 spiro atoms. The Balaban J connectivity index is 1.01. The Bertz CT molecular complexity index is 3310.